The van der Waals surface area contributed by atoms with Crippen molar-refractivity contribution in [3.05, 3.63) is 93.8 Å². The first-order valence-corrected chi connectivity index (χ1v) is 11.5. The minimum atomic E-state index is -0.867. The summed E-state index contributed by atoms with van der Waals surface area (Å²) >= 11 is 6.16. The fourth-order valence-electron chi connectivity index (χ4n) is 3.55. The lowest BCUT2D eigenvalue weighted by Gasteiger charge is -2.26. The average Bonchev–Trinajstić information content (AvgIpc) is 2.84. The molecular formula is C27H22ClFN2O5. The Morgan fingerprint density at radius 3 is 2.50 bits per heavy atom. The Bertz CT molecular complexity index is 1390. The van der Waals surface area contributed by atoms with Crippen LogP contribution < -0.4 is 19.7 Å². The molecule has 1 heterocycles. The van der Waals surface area contributed by atoms with E-state index in [4.69, 9.17) is 21.1 Å². The molecule has 0 saturated carbocycles. The van der Waals surface area contributed by atoms with Crippen LogP contribution >= 0.6 is 11.6 Å². The first kappa shape index (κ1) is 24.9. The van der Waals surface area contributed by atoms with E-state index in [2.05, 4.69) is 5.32 Å². The van der Waals surface area contributed by atoms with E-state index in [1.807, 2.05) is 0 Å². The number of nitrogens with zero attached hydrogens (tertiary/aromatic N) is 1. The van der Waals surface area contributed by atoms with E-state index < -0.39 is 17.8 Å². The Labute approximate surface area is 212 Å². The molecule has 0 bridgehead atoms. The highest BCUT2D eigenvalue weighted by Gasteiger charge is 2.37. The number of hydrogen-bond acceptors (Lipinski definition) is 5. The molecule has 3 aromatic rings. The van der Waals surface area contributed by atoms with Gasteiger partial charge in [0.25, 0.3) is 11.8 Å². The lowest BCUT2D eigenvalue weighted by molar-refractivity contribution is -0.122. The van der Waals surface area contributed by atoms with Crippen molar-refractivity contribution in [2.75, 3.05) is 11.5 Å². The number of hydrogen-bond donors (Lipinski definition) is 1. The number of carbonyl (C=O) groups is 3. The van der Waals surface area contributed by atoms with Gasteiger partial charge in [0.2, 0.25) is 0 Å². The first-order valence-electron chi connectivity index (χ1n) is 11.1. The number of nitrogens with one attached hydrogen (secondary N) is 1. The number of barbiturate groups is 1. The summed E-state index contributed by atoms with van der Waals surface area (Å²) in [5.41, 5.74) is 1.62. The lowest BCUT2D eigenvalue weighted by atomic mass is 10.1. The normalized spacial score (nSPS) is 14.7. The van der Waals surface area contributed by atoms with Crippen LogP contribution in [-0.2, 0) is 16.2 Å². The number of urea groups is 1. The van der Waals surface area contributed by atoms with Crippen LogP contribution in [0.25, 0.3) is 6.08 Å². The quantitative estimate of drug-likeness (QED) is 0.340. The van der Waals surface area contributed by atoms with Gasteiger partial charge in [-0.25, -0.2) is 14.1 Å². The van der Waals surface area contributed by atoms with E-state index in [1.54, 1.807) is 62.4 Å². The predicted molar refractivity (Wildman–Crippen MR) is 134 cm³/mol. The van der Waals surface area contributed by atoms with Crippen molar-refractivity contribution in [2.24, 2.45) is 0 Å². The topological polar surface area (TPSA) is 84.9 Å². The van der Waals surface area contributed by atoms with Gasteiger partial charge in [-0.3, -0.25) is 14.9 Å². The van der Waals surface area contributed by atoms with Crippen LogP contribution in [0.4, 0.5) is 14.9 Å². The number of rotatable bonds is 7. The number of benzene rings is 3. The van der Waals surface area contributed by atoms with Crippen LogP contribution in [-0.4, -0.2) is 24.5 Å². The first-order chi connectivity index (χ1) is 17.3. The number of amides is 4. The van der Waals surface area contributed by atoms with Crippen molar-refractivity contribution >= 4 is 41.2 Å². The molecule has 0 unspecified atom stereocenters. The third-order valence-electron chi connectivity index (χ3n) is 5.43. The number of aryl methyl sites for hydroxylation is 1. The van der Waals surface area contributed by atoms with Gasteiger partial charge in [-0.15, -0.1) is 0 Å². The monoisotopic (exact) mass is 508 g/mol. The molecule has 4 rings (SSSR count). The van der Waals surface area contributed by atoms with Gasteiger partial charge >= 0.3 is 6.03 Å². The molecule has 0 radical (unpaired) electrons. The molecule has 3 aromatic carbocycles. The number of ether oxygens (including phenoxy) is 2. The zero-order valence-electron chi connectivity index (χ0n) is 19.5. The van der Waals surface area contributed by atoms with Gasteiger partial charge in [0.05, 0.1) is 12.3 Å². The zero-order valence-corrected chi connectivity index (χ0v) is 20.3. The molecule has 9 heteroatoms. The third-order valence-corrected chi connectivity index (χ3v) is 5.84. The molecular weight excluding hydrogens is 487 g/mol. The minimum absolute atomic E-state index is 0.00967. The number of anilines is 1. The van der Waals surface area contributed by atoms with Gasteiger partial charge in [0, 0.05) is 10.6 Å². The Balaban J connectivity index is 1.63. The fourth-order valence-corrected chi connectivity index (χ4v) is 3.73. The van der Waals surface area contributed by atoms with E-state index in [9.17, 15) is 18.8 Å². The molecule has 0 aliphatic carbocycles. The van der Waals surface area contributed by atoms with Gasteiger partial charge in [0.1, 0.15) is 18.0 Å². The Kier molecular flexibility index (Phi) is 7.36. The molecule has 0 spiro atoms. The van der Waals surface area contributed by atoms with Crippen LogP contribution in [0.2, 0.25) is 5.02 Å². The fraction of sp³-hybridized carbons (Fsp3) is 0.148. The van der Waals surface area contributed by atoms with E-state index in [0.717, 1.165) is 10.5 Å². The third kappa shape index (κ3) is 5.23. The van der Waals surface area contributed by atoms with Crippen LogP contribution in [0.3, 0.4) is 0 Å². The zero-order chi connectivity index (χ0) is 25.8. The predicted octanol–water partition coefficient (Wildman–Crippen LogP) is 5.43. The summed E-state index contributed by atoms with van der Waals surface area (Å²) in [6.45, 7) is 3.90. The Morgan fingerprint density at radius 2 is 1.78 bits per heavy atom. The Hall–Kier alpha value is -4.17. The van der Waals surface area contributed by atoms with Crippen LogP contribution in [0.15, 0.2) is 66.2 Å². The molecule has 1 aliphatic rings. The smallest absolute Gasteiger partial charge is 0.335 e. The van der Waals surface area contributed by atoms with Crippen molar-refractivity contribution < 1.29 is 28.2 Å². The summed E-state index contributed by atoms with van der Waals surface area (Å²) in [6, 6.07) is 15.0. The Morgan fingerprint density at radius 1 is 1.00 bits per heavy atom. The van der Waals surface area contributed by atoms with Crippen LogP contribution in [0.1, 0.15) is 23.6 Å². The van der Waals surface area contributed by atoms with Crippen LogP contribution in [0.5, 0.6) is 11.5 Å². The molecule has 0 aromatic heterocycles. The highest BCUT2D eigenvalue weighted by Crippen LogP contribution is 2.31. The van der Waals surface area contributed by atoms with Gasteiger partial charge < -0.3 is 9.47 Å². The summed E-state index contributed by atoms with van der Waals surface area (Å²) in [6.07, 6.45) is 1.36. The number of halogens is 2. The second-order valence-electron chi connectivity index (χ2n) is 7.91. The van der Waals surface area contributed by atoms with Crippen molar-refractivity contribution in [3.8, 4) is 11.5 Å². The molecule has 1 N–H and O–H groups in total. The molecule has 1 saturated heterocycles. The molecule has 1 fully saturated rings. The SMILES string of the molecule is CCOc1cc(/C=C2/C(=O)NC(=O)N(c3ccc(C)c(Cl)c3)C2=O)ccc1OCc1ccccc1F. The summed E-state index contributed by atoms with van der Waals surface area (Å²) in [5, 5.41) is 2.56. The maximum Gasteiger partial charge on any atom is 0.335 e. The molecule has 36 heavy (non-hydrogen) atoms. The second-order valence-corrected chi connectivity index (χ2v) is 8.32. The number of imide groups is 2. The molecule has 7 nitrogen and oxygen atoms in total. The summed E-state index contributed by atoms with van der Waals surface area (Å²) in [7, 11) is 0. The average molecular weight is 509 g/mol. The van der Waals surface area contributed by atoms with E-state index in [0.29, 0.717) is 34.3 Å². The number of carbonyl (C=O) groups excluding carboxylic acids is 3. The highest BCUT2D eigenvalue weighted by molar-refractivity contribution is 6.39. The van der Waals surface area contributed by atoms with Crippen molar-refractivity contribution in [3.63, 3.8) is 0 Å². The standard InChI is InChI=1S/C27H22ClFN2O5/c1-3-35-24-13-17(9-11-23(24)36-15-18-6-4-5-7-22(18)29)12-20-25(32)30-27(34)31(26(20)33)19-10-8-16(2)21(28)14-19/h4-14H,3,15H2,1-2H3,(H,30,32,34)/b20-12-. The van der Waals surface area contributed by atoms with Crippen molar-refractivity contribution in [1.82, 2.24) is 5.32 Å². The molecule has 0 atom stereocenters. The van der Waals surface area contributed by atoms with E-state index in [-0.39, 0.29) is 23.7 Å². The van der Waals surface area contributed by atoms with Crippen molar-refractivity contribution in [1.29, 1.82) is 0 Å². The summed E-state index contributed by atoms with van der Waals surface area (Å²) in [4.78, 5) is 39.0. The van der Waals surface area contributed by atoms with Gasteiger partial charge in [0.15, 0.2) is 11.5 Å². The molecule has 184 valence electrons. The second kappa shape index (κ2) is 10.6. The van der Waals surface area contributed by atoms with E-state index >= 15 is 0 Å². The highest BCUT2D eigenvalue weighted by atomic mass is 35.5. The summed E-state index contributed by atoms with van der Waals surface area (Å²) < 4.78 is 25.4. The minimum Gasteiger partial charge on any atom is -0.490 e. The largest absolute Gasteiger partial charge is 0.490 e. The van der Waals surface area contributed by atoms with Gasteiger partial charge in [-0.05, 0) is 61.4 Å². The van der Waals surface area contributed by atoms with Gasteiger partial charge in [-0.2, -0.15) is 0 Å². The summed E-state index contributed by atoms with van der Waals surface area (Å²) in [5.74, 6) is -1.27. The lowest BCUT2D eigenvalue weighted by Crippen LogP contribution is -2.54. The van der Waals surface area contributed by atoms with Gasteiger partial charge in [-0.1, -0.05) is 41.9 Å². The maximum atomic E-state index is 13.9. The maximum absolute atomic E-state index is 13.9. The van der Waals surface area contributed by atoms with E-state index in [1.165, 1.54) is 18.2 Å². The van der Waals surface area contributed by atoms with Crippen molar-refractivity contribution in [2.45, 2.75) is 20.5 Å². The van der Waals surface area contributed by atoms with Crippen LogP contribution in [0, 0.1) is 12.7 Å². The molecule has 4 amide bonds. The molecule has 1 aliphatic heterocycles.